The molecule has 2 nitrogen and oxygen atoms in total. The summed E-state index contributed by atoms with van der Waals surface area (Å²) in [6, 6.07) is 10.4. The highest BCUT2D eigenvalue weighted by Gasteiger charge is 2.12. The fourth-order valence-electron chi connectivity index (χ4n) is 2.33. The van der Waals surface area contributed by atoms with Gasteiger partial charge in [0.2, 0.25) is 0 Å². The van der Waals surface area contributed by atoms with E-state index < -0.39 is 0 Å². The third kappa shape index (κ3) is 3.79. The van der Waals surface area contributed by atoms with Crippen LogP contribution in [0.4, 0.5) is 5.69 Å². The minimum atomic E-state index is 0.0445. The Morgan fingerprint density at radius 1 is 1.10 bits per heavy atom. The number of anilines is 1. The van der Waals surface area contributed by atoms with Gasteiger partial charge in [0.05, 0.1) is 6.04 Å². The number of nitrogens with one attached hydrogen (secondary N) is 1. The summed E-state index contributed by atoms with van der Waals surface area (Å²) in [6.07, 6.45) is 0. The molecule has 2 rings (SSSR count). The lowest BCUT2D eigenvalue weighted by Gasteiger charge is -2.20. The Hall–Kier alpha value is -1.03. The molecule has 0 radical (unpaired) electrons. The van der Waals surface area contributed by atoms with Crippen LogP contribution >= 0.6 is 27.5 Å². The number of halogens is 2. The first-order valence-electron chi connectivity index (χ1n) is 6.91. The van der Waals surface area contributed by atoms with E-state index >= 15 is 0 Å². The summed E-state index contributed by atoms with van der Waals surface area (Å²) in [6.45, 7) is 6.68. The van der Waals surface area contributed by atoms with Crippen molar-refractivity contribution < 1.29 is 0 Å². The van der Waals surface area contributed by atoms with Crippen LogP contribution in [0.5, 0.6) is 0 Å². The van der Waals surface area contributed by atoms with Crippen LogP contribution in [0.3, 0.4) is 0 Å². The standard InChI is InChI=1S/C17H20BrClN2/c1-10-4-5-13(8-15(10)19)16(9-20)21-14-6-11(2)17(18)12(3)7-14/h4-8,16,21H,9,20H2,1-3H3. The number of hydrogen-bond acceptors (Lipinski definition) is 2. The minimum Gasteiger partial charge on any atom is -0.377 e. The first-order valence-corrected chi connectivity index (χ1v) is 8.09. The first kappa shape index (κ1) is 16.3. The minimum absolute atomic E-state index is 0.0445. The zero-order chi connectivity index (χ0) is 15.6. The van der Waals surface area contributed by atoms with E-state index in [2.05, 4.69) is 53.3 Å². The second kappa shape index (κ2) is 6.82. The molecule has 2 aromatic rings. The number of benzene rings is 2. The molecule has 0 aliphatic rings. The maximum absolute atomic E-state index is 6.21. The van der Waals surface area contributed by atoms with E-state index in [0.29, 0.717) is 6.54 Å². The Kier molecular flexibility index (Phi) is 5.31. The van der Waals surface area contributed by atoms with Crippen molar-refractivity contribution in [3.05, 3.63) is 62.1 Å². The molecule has 3 N–H and O–H groups in total. The quantitative estimate of drug-likeness (QED) is 0.785. The van der Waals surface area contributed by atoms with E-state index in [4.69, 9.17) is 17.3 Å². The molecule has 1 atom stereocenters. The summed E-state index contributed by atoms with van der Waals surface area (Å²) in [5, 5.41) is 4.27. The van der Waals surface area contributed by atoms with Crippen LogP contribution in [-0.2, 0) is 0 Å². The predicted molar refractivity (Wildman–Crippen MR) is 95.2 cm³/mol. The van der Waals surface area contributed by atoms with Gasteiger partial charge in [-0.15, -0.1) is 0 Å². The largest absolute Gasteiger partial charge is 0.377 e. The fourth-order valence-corrected chi connectivity index (χ4v) is 2.75. The summed E-state index contributed by atoms with van der Waals surface area (Å²) in [5.41, 5.74) is 11.6. The van der Waals surface area contributed by atoms with Crippen molar-refractivity contribution in [1.82, 2.24) is 0 Å². The zero-order valence-electron chi connectivity index (χ0n) is 12.5. The molecule has 0 bridgehead atoms. The summed E-state index contributed by atoms with van der Waals surface area (Å²) in [7, 11) is 0. The van der Waals surface area contributed by atoms with Gasteiger partial charge in [-0.3, -0.25) is 0 Å². The fraction of sp³-hybridized carbons (Fsp3) is 0.294. The van der Waals surface area contributed by atoms with Crippen LogP contribution in [-0.4, -0.2) is 6.54 Å². The Morgan fingerprint density at radius 2 is 1.71 bits per heavy atom. The van der Waals surface area contributed by atoms with E-state index in [1.165, 1.54) is 11.1 Å². The van der Waals surface area contributed by atoms with E-state index in [-0.39, 0.29) is 6.04 Å². The van der Waals surface area contributed by atoms with E-state index in [9.17, 15) is 0 Å². The molecule has 0 spiro atoms. The molecule has 0 aromatic heterocycles. The average molecular weight is 368 g/mol. The van der Waals surface area contributed by atoms with Crippen LogP contribution in [0.15, 0.2) is 34.8 Å². The molecule has 0 fully saturated rings. The van der Waals surface area contributed by atoms with Crippen molar-refractivity contribution in [2.24, 2.45) is 5.73 Å². The smallest absolute Gasteiger partial charge is 0.0636 e. The van der Waals surface area contributed by atoms with Gasteiger partial charge < -0.3 is 11.1 Å². The molecule has 21 heavy (non-hydrogen) atoms. The Bertz CT molecular complexity index is 632. The molecule has 4 heteroatoms. The van der Waals surface area contributed by atoms with Gasteiger partial charge in [-0.1, -0.05) is 39.7 Å². The van der Waals surface area contributed by atoms with Crippen molar-refractivity contribution in [3.63, 3.8) is 0 Å². The van der Waals surface area contributed by atoms with Gasteiger partial charge in [0.1, 0.15) is 0 Å². The normalized spacial score (nSPS) is 12.3. The van der Waals surface area contributed by atoms with E-state index in [1.807, 2.05) is 19.1 Å². The molecule has 0 saturated carbocycles. The molecule has 1 unspecified atom stereocenters. The third-order valence-corrected chi connectivity index (χ3v) is 5.27. The van der Waals surface area contributed by atoms with Gasteiger partial charge in [0, 0.05) is 21.7 Å². The Balaban J connectivity index is 2.28. The molecule has 112 valence electrons. The maximum Gasteiger partial charge on any atom is 0.0636 e. The lowest BCUT2D eigenvalue weighted by Crippen LogP contribution is -2.20. The molecule has 2 aromatic carbocycles. The summed E-state index contributed by atoms with van der Waals surface area (Å²) >= 11 is 9.80. The average Bonchev–Trinajstić information content (AvgIpc) is 2.45. The van der Waals surface area contributed by atoms with Crippen LogP contribution in [0.1, 0.15) is 28.3 Å². The van der Waals surface area contributed by atoms with Crippen molar-refractivity contribution in [3.8, 4) is 0 Å². The number of hydrogen-bond donors (Lipinski definition) is 2. The van der Waals surface area contributed by atoms with Crippen molar-refractivity contribution in [2.75, 3.05) is 11.9 Å². The molecule has 0 aliphatic heterocycles. The predicted octanol–water partition coefficient (Wildman–Crippen LogP) is 5.14. The zero-order valence-corrected chi connectivity index (χ0v) is 14.8. The van der Waals surface area contributed by atoms with E-state index in [0.717, 1.165) is 26.3 Å². The summed E-state index contributed by atoms with van der Waals surface area (Å²) < 4.78 is 1.15. The lowest BCUT2D eigenvalue weighted by molar-refractivity contribution is 0.789. The van der Waals surface area contributed by atoms with Gasteiger partial charge in [0.25, 0.3) is 0 Å². The van der Waals surface area contributed by atoms with Crippen LogP contribution < -0.4 is 11.1 Å². The summed E-state index contributed by atoms with van der Waals surface area (Å²) in [4.78, 5) is 0. The molecular weight excluding hydrogens is 348 g/mol. The molecule has 0 heterocycles. The van der Waals surface area contributed by atoms with Gasteiger partial charge in [-0.05, 0) is 61.2 Å². The van der Waals surface area contributed by atoms with Crippen molar-refractivity contribution >= 4 is 33.2 Å². The van der Waals surface area contributed by atoms with E-state index in [1.54, 1.807) is 0 Å². The maximum atomic E-state index is 6.21. The highest BCUT2D eigenvalue weighted by atomic mass is 79.9. The summed E-state index contributed by atoms with van der Waals surface area (Å²) in [5.74, 6) is 0. The van der Waals surface area contributed by atoms with Gasteiger partial charge in [-0.2, -0.15) is 0 Å². The van der Waals surface area contributed by atoms with Crippen LogP contribution in [0.25, 0.3) is 0 Å². The first-order chi connectivity index (χ1) is 9.92. The SMILES string of the molecule is Cc1ccc(C(CN)Nc2cc(C)c(Br)c(C)c2)cc1Cl. The highest BCUT2D eigenvalue weighted by molar-refractivity contribution is 9.10. The second-order valence-electron chi connectivity index (χ2n) is 5.37. The second-order valence-corrected chi connectivity index (χ2v) is 6.57. The van der Waals surface area contributed by atoms with Crippen molar-refractivity contribution in [2.45, 2.75) is 26.8 Å². The highest BCUT2D eigenvalue weighted by Crippen LogP contribution is 2.28. The number of rotatable bonds is 4. The van der Waals surface area contributed by atoms with Gasteiger partial charge >= 0.3 is 0 Å². The van der Waals surface area contributed by atoms with Crippen LogP contribution in [0.2, 0.25) is 5.02 Å². The Labute approximate surface area is 139 Å². The molecule has 0 amide bonds. The van der Waals surface area contributed by atoms with Crippen molar-refractivity contribution in [1.29, 1.82) is 0 Å². The van der Waals surface area contributed by atoms with Gasteiger partial charge in [0.15, 0.2) is 0 Å². The topological polar surface area (TPSA) is 38.0 Å². The number of aryl methyl sites for hydroxylation is 3. The lowest BCUT2D eigenvalue weighted by atomic mass is 10.0. The Morgan fingerprint density at radius 3 is 2.24 bits per heavy atom. The molecular formula is C17H20BrClN2. The number of nitrogens with two attached hydrogens (primary N) is 1. The van der Waals surface area contributed by atoms with Crippen LogP contribution in [0, 0.1) is 20.8 Å². The van der Waals surface area contributed by atoms with Gasteiger partial charge in [-0.25, -0.2) is 0 Å². The molecule has 0 aliphatic carbocycles. The monoisotopic (exact) mass is 366 g/mol. The molecule has 0 saturated heterocycles. The third-order valence-electron chi connectivity index (χ3n) is 3.61.